The Morgan fingerprint density at radius 2 is 1.85 bits per heavy atom. The summed E-state index contributed by atoms with van der Waals surface area (Å²) in [5, 5.41) is 0. The molecule has 0 unspecified atom stereocenters. The van der Waals surface area contributed by atoms with E-state index in [9.17, 15) is 4.79 Å². The highest BCUT2D eigenvalue weighted by Gasteiger charge is 2.37. The van der Waals surface area contributed by atoms with Gasteiger partial charge in [-0.3, -0.25) is 14.7 Å². The number of hydrogen-bond acceptors (Lipinski definition) is 5. The van der Waals surface area contributed by atoms with Gasteiger partial charge >= 0.3 is 0 Å². The summed E-state index contributed by atoms with van der Waals surface area (Å²) in [7, 11) is 0. The minimum Gasteiger partial charge on any atom is -0.492 e. The molecule has 4 rings (SSSR count). The molecule has 1 fully saturated rings. The molecule has 0 bridgehead atoms. The summed E-state index contributed by atoms with van der Waals surface area (Å²) >= 11 is 0. The molecule has 1 spiro atoms. The van der Waals surface area contributed by atoms with Gasteiger partial charge in [-0.2, -0.15) is 0 Å². The van der Waals surface area contributed by atoms with E-state index in [1.54, 1.807) is 12.4 Å². The maximum Gasteiger partial charge on any atom is 0.274 e. The van der Waals surface area contributed by atoms with Crippen LogP contribution in [0.1, 0.15) is 67.7 Å². The van der Waals surface area contributed by atoms with Crippen LogP contribution >= 0.6 is 0 Å². The lowest BCUT2D eigenvalue weighted by Crippen LogP contribution is -2.49. The normalized spacial score (nSPS) is 19.7. The van der Waals surface area contributed by atoms with Crippen LogP contribution in [0.5, 0.6) is 5.75 Å². The summed E-state index contributed by atoms with van der Waals surface area (Å²) in [4.78, 5) is 26.2. The van der Waals surface area contributed by atoms with Crippen molar-refractivity contribution in [1.29, 1.82) is 0 Å². The fraction of sp³-hybridized carbons (Fsp3) is 0.607. The Bertz CT molecular complexity index is 936. The van der Waals surface area contributed by atoms with Crippen LogP contribution in [0.2, 0.25) is 0 Å². The third-order valence-electron chi connectivity index (χ3n) is 7.33. The first-order valence-corrected chi connectivity index (χ1v) is 13.0. The number of carbonyl (C=O) groups is 1. The highest BCUT2D eigenvalue weighted by molar-refractivity contribution is 5.92. The molecule has 0 radical (unpaired) electrons. The van der Waals surface area contributed by atoms with Crippen LogP contribution in [0, 0.1) is 18.3 Å². The average Bonchev–Trinajstić information content (AvgIpc) is 2.82. The Morgan fingerprint density at radius 1 is 1.06 bits per heavy atom. The van der Waals surface area contributed by atoms with Gasteiger partial charge in [0.15, 0.2) is 0 Å². The number of ether oxygens (including phenoxy) is 1. The number of benzene rings is 1. The van der Waals surface area contributed by atoms with Crippen LogP contribution in [-0.2, 0) is 6.42 Å². The summed E-state index contributed by atoms with van der Waals surface area (Å²) in [6, 6.07) is 8.51. The van der Waals surface area contributed by atoms with E-state index in [4.69, 9.17) is 4.74 Å². The Morgan fingerprint density at radius 3 is 2.59 bits per heavy atom. The van der Waals surface area contributed by atoms with Gasteiger partial charge in [0.1, 0.15) is 18.1 Å². The molecule has 6 nitrogen and oxygen atoms in total. The monoisotopic (exact) mass is 464 g/mol. The summed E-state index contributed by atoms with van der Waals surface area (Å²) in [5.41, 5.74) is 2.87. The van der Waals surface area contributed by atoms with Crippen molar-refractivity contribution in [3.63, 3.8) is 0 Å². The second-order valence-corrected chi connectivity index (χ2v) is 10.6. The van der Waals surface area contributed by atoms with Gasteiger partial charge in [0.05, 0.1) is 11.9 Å². The van der Waals surface area contributed by atoms with E-state index < -0.39 is 0 Å². The van der Waals surface area contributed by atoms with E-state index in [0.717, 1.165) is 70.0 Å². The number of aromatic nitrogens is 2. The molecule has 0 N–H and O–H groups in total. The van der Waals surface area contributed by atoms with Crippen LogP contribution in [0.15, 0.2) is 36.7 Å². The van der Waals surface area contributed by atoms with Crippen LogP contribution in [0.3, 0.4) is 0 Å². The van der Waals surface area contributed by atoms with E-state index in [0.29, 0.717) is 11.6 Å². The number of para-hydroxylation sites is 1. The van der Waals surface area contributed by atoms with Crippen molar-refractivity contribution in [2.24, 2.45) is 11.3 Å². The van der Waals surface area contributed by atoms with Gasteiger partial charge in [-0.1, -0.05) is 38.5 Å². The average molecular weight is 465 g/mol. The molecule has 0 aliphatic carbocycles. The largest absolute Gasteiger partial charge is 0.492 e. The van der Waals surface area contributed by atoms with E-state index >= 15 is 0 Å². The topological polar surface area (TPSA) is 58.6 Å². The van der Waals surface area contributed by atoms with Crippen molar-refractivity contribution in [2.75, 3.05) is 39.3 Å². The number of fused-ring (bicyclic) bond motifs is 1. The van der Waals surface area contributed by atoms with Gasteiger partial charge in [0, 0.05) is 38.9 Å². The quantitative estimate of drug-likeness (QED) is 0.655. The Hall–Kier alpha value is -2.47. The van der Waals surface area contributed by atoms with Crippen molar-refractivity contribution < 1.29 is 9.53 Å². The van der Waals surface area contributed by atoms with Crippen molar-refractivity contribution in [3.05, 3.63) is 53.6 Å². The minimum absolute atomic E-state index is 0.0135. The number of carbonyl (C=O) groups excluding carboxylic acids is 1. The number of rotatable bonds is 3. The lowest BCUT2D eigenvalue weighted by atomic mass is 9.73. The molecule has 1 aromatic heterocycles. The number of hydrogen-bond donors (Lipinski definition) is 0. The maximum atomic E-state index is 13.0. The molecule has 3 heterocycles. The highest BCUT2D eigenvalue weighted by atomic mass is 16.5. The molecular weight excluding hydrogens is 424 g/mol. The molecule has 1 aromatic carbocycles. The van der Waals surface area contributed by atoms with Gasteiger partial charge in [-0.15, -0.1) is 0 Å². The van der Waals surface area contributed by atoms with Crippen molar-refractivity contribution in [3.8, 4) is 5.75 Å². The lowest BCUT2D eigenvalue weighted by molar-refractivity contribution is 0.0351. The molecule has 34 heavy (non-hydrogen) atoms. The van der Waals surface area contributed by atoms with Crippen LogP contribution in [0.25, 0.3) is 0 Å². The van der Waals surface area contributed by atoms with E-state index in [-0.39, 0.29) is 11.3 Å². The molecule has 1 amide bonds. The number of piperidine rings is 1. The van der Waals surface area contributed by atoms with E-state index in [2.05, 4.69) is 53.0 Å². The van der Waals surface area contributed by atoms with Crippen LogP contribution < -0.4 is 4.74 Å². The summed E-state index contributed by atoms with van der Waals surface area (Å²) in [5.74, 6) is 1.67. The number of aryl methyl sites for hydroxylation is 2. The Kier molecular flexibility index (Phi) is 8.19. The second-order valence-electron chi connectivity index (χ2n) is 10.6. The molecule has 2 aromatic rings. The van der Waals surface area contributed by atoms with Crippen LogP contribution in [-0.4, -0.2) is 65.0 Å². The number of nitrogens with zero attached hydrogens (tertiary/aromatic N) is 4. The zero-order valence-electron chi connectivity index (χ0n) is 21.1. The number of likely N-dealkylation sites (tertiary alicyclic amines) is 1. The molecule has 0 atom stereocenters. The van der Waals surface area contributed by atoms with Gasteiger partial charge < -0.3 is 9.64 Å². The van der Waals surface area contributed by atoms with E-state index in [1.807, 2.05) is 11.8 Å². The summed E-state index contributed by atoms with van der Waals surface area (Å²) in [6.45, 7) is 11.9. The van der Waals surface area contributed by atoms with Crippen molar-refractivity contribution in [2.45, 2.75) is 59.3 Å². The van der Waals surface area contributed by atoms with Gasteiger partial charge in [-0.05, 0) is 62.0 Å². The highest BCUT2D eigenvalue weighted by Crippen LogP contribution is 2.38. The van der Waals surface area contributed by atoms with E-state index in [1.165, 1.54) is 24.8 Å². The third kappa shape index (κ3) is 6.35. The smallest absolute Gasteiger partial charge is 0.274 e. The molecule has 1 saturated heterocycles. The molecular formula is C28H40N4O2. The molecule has 2 aliphatic heterocycles. The Labute approximate surface area is 204 Å². The standard InChI is InChI=1S/C28H40N4O2/c1-22(2)20-31-16-17-34-26-10-5-4-8-24(26)9-6-7-11-28(21-31)12-14-32(15-13-28)27(33)25-19-29-23(3)18-30-25/h4-5,8,10,18-19,22H,6-7,9,11-17,20-21H2,1-3H3. The van der Waals surface area contributed by atoms with Gasteiger partial charge in [0.2, 0.25) is 0 Å². The zero-order chi connectivity index (χ0) is 24.0. The van der Waals surface area contributed by atoms with Crippen LogP contribution in [0.4, 0.5) is 0 Å². The first-order chi connectivity index (χ1) is 16.4. The Balaban J connectivity index is 1.46. The number of amides is 1. The predicted molar refractivity (Wildman–Crippen MR) is 135 cm³/mol. The molecule has 184 valence electrons. The molecule has 0 saturated carbocycles. The third-order valence-corrected chi connectivity index (χ3v) is 7.33. The van der Waals surface area contributed by atoms with Gasteiger partial charge in [-0.25, -0.2) is 4.98 Å². The predicted octanol–water partition coefficient (Wildman–Crippen LogP) is 4.77. The molecule has 6 heteroatoms. The minimum atomic E-state index is 0.0135. The van der Waals surface area contributed by atoms with Gasteiger partial charge in [0.25, 0.3) is 5.91 Å². The SMILES string of the molecule is Cc1cnc(C(=O)N2CCC3(CCCCc4ccccc4OCCN(CC(C)C)C3)CC2)cn1. The molecule has 2 aliphatic rings. The van der Waals surface area contributed by atoms with Crippen molar-refractivity contribution >= 4 is 5.91 Å². The fourth-order valence-corrected chi connectivity index (χ4v) is 5.51. The van der Waals surface area contributed by atoms with Crippen molar-refractivity contribution in [1.82, 2.24) is 19.8 Å². The summed E-state index contributed by atoms with van der Waals surface area (Å²) in [6.07, 6.45) is 10.1. The fourth-order valence-electron chi connectivity index (χ4n) is 5.51. The first kappa shape index (κ1) is 24.6. The first-order valence-electron chi connectivity index (χ1n) is 13.0. The zero-order valence-corrected chi connectivity index (χ0v) is 21.1. The lowest BCUT2D eigenvalue weighted by Gasteiger charge is -2.45. The maximum absolute atomic E-state index is 13.0. The summed E-state index contributed by atoms with van der Waals surface area (Å²) < 4.78 is 6.25. The second kappa shape index (κ2) is 11.3.